The number of fused-ring (bicyclic) bond motifs is 1. The molecule has 1 heterocycles. The fourth-order valence-electron chi connectivity index (χ4n) is 3.13. The molecule has 1 aromatic heterocycles. The minimum atomic E-state index is -0.491. The van der Waals surface area contributed by atoms with Gasteiger partial charge in [-0.3, -0.25) is 0 Å². The van der Waals surface area contributed by atoms with E-state index in [1.165, 1.54) is 20.3 Å². The van der Waals surface area contributed by atoms with Gasteiger partial charge in [-0.15, -0.1) is 0 Å². The van der Waals surface area contributed by atoms with E-state index in [0.29, 0.717) is 28.2 Å². The Kier molecular flexibility index (Phi) is 4.75. The third kappa shape index (κ3) is 2.73. The number of hydrogen-bond donors (Lipinski definition) is 0. The monoisotopic (exact) mass is 356 g/mol. The van der Waals surface area contributed by atoms with Crippen LogP contribution in [0.5, 0.6) is 23.0 Å². The summed E-state index contributed by atoms with van der Waals surface area (Å²) in [7, 11) is 6.20. The largest absolute Gasteiger partial charge is 0.497 e. The maximum Gasteiger partial charge on any atom is 0.336 e. The van der Waals surface area contributed by atoms with Crippen molar-refractivity contribution in [1.82, 2.24) is 0 Å². The average Bonchev–Trinajstić information content (AvgIpc) is 2.66. The van der Waals surface area contributed by atoms with Crippen LogP contribution in [-0.4, -0.2) is 28.4 Å². The summed E-state index contributed by atoms with van der Waals surface area (Å²) in [4.78, 5) is 12.2. The van der Waals surface area contributed by atoms with E-state index in [4.69, 9.17) is 23.4 Å². The highest BCUT2D eigenvalue weighted by Gasteiger charge is 2.24. The highest BCUT2D eigenvalue weighted by atomic mass is 16.5. The summed E-state index contributed by atoms with van der Waals surface area (Å²) in [6, 6.07) is 8.85. The van der Waals surface area contributed by atoms with Gasteiger partial charge in [0, 0.05) is 17.2 Å². The van der Waals surface area contributed by atoms with Crippen LogP contribution in [0, 0.1) is 6.92 Å². The predicted molar refractivity (Wildman–Crippen MR) is 98.9 cm³/mol. The molecule has 0 aliphatic carbocycles. The molecule has 0 aliphatic heterocycles. The van der Waals surface area contributed by atoms with Gasteiger partial charge in [0.05, 0.1) is 33.8 Å². The number of rotatable bonds is 5. The van der Waals surface area contributed by atoms with E-state index >= 15 is 0 Å². The molecule has 0 radical (unpaired) electrons. The van der Waals surface area contributed by atoms with Gasteiger partial charge in [-0.1, -0.05) is 12.1 Å². The first-order chi connectivity index (χ1) is 12.5. The molecule has 3 aromatic rings. The van der Waals surface area contributed by atoms with Crippen molar-refractivity contribution < 1.29 is 23.4 Å². The highest BCUT2D eigenvalue weighted by Crippen LogP contribution is 2.47. The van der Waals surface area contributed by atoms with Crippen molar-refractivity contribution >= 4 is 11.0 Å². The van der Waals surface area contributed by atoms with E-state index in [1.807, 2.05) is 31.2 Å². The Morgan fingerprint density at radius 1 is 0.808 bits per heavy atom. The average molecular weight is 356 g/mol. The number of benzene rings is 2. The molecule has 0 saturated heterocycles. The van der Waals surface area contributed by atoms with Gasteiger partial charge in [0.2, 0.25) is 5.75 Å². The van der Waals surface area contributed by atoms with Crippen molar-refractivity contribution in [1.29, 1.82) is 0 Å². The Balaban J connectivity index is 2.47. The number of ether oxygens (including phenoxy) is 4. The van der Waals surface area contributed by atoms with E-state index in [-0.39, 0.29) is 5.58 Å². The van der Waals surface area contributed by atoms with Crippen LogP contribution in [0.25, 0.3) is 22.1 Å². The first-order valence-electron chi connectivity index (χ1n) is 7.96. The molecule has 0 N–H and O–H groups in total. The van der Waals surface area contributed by atoms with Gasteiger partial charge in [0.15, 0.2) is 11.3 Å². The van der Waals surface area contributed by atoms with Gasteiger partial charge >= 0.3 is 5.63 Å². The SMILES string of the molecule is COc1ccc(-c2cc(=O)oc3c(OC)c(OC)c(C)c(OC)c23)cc1. The van der Waals surface area contributed by atoms with Crippen molar-refractivity contribution in [2.75, 3.05) is 28.4 Å². The zero-order valence-corrected chi connectivity index (χ0v) is 15.3. The van der Waals surface area contributed by atoms with Crippen LogP contribution in [0.3, 0.4) is 0 Å². The minimum Gasteiger partial charge on any atom is -0.497 e. The van der Waals surface area contributed by atoms with Crippen LogP contribution in [0.2, 0.25) is 0 Å². The Labute approximate surface area is 150 Å². The van der Waals surface area contributed by atoms with Crippen molar-refractivity contribution in [3.63, 3.8) is 0 Å². The van der Waals surface area contributed by atoms with E-state index in [0.717, 1.165) is 16.9 Å². The maximum absolute atomic E-state index is 12.2. The smallest absolute Gasteiger partial charge is 0.336 e. The maximum atomic E-state index is 12.2. The molecular weight excluding hydrogens is 336 g/mol. The van der Waals surface area contributed by atoms with Gasteiger partial charge < -0.3 is 23.4 Å². The van der Waals surface area contributed by atoms with Gasteiger partial charge in [0.25, 0.3) is 0 Å². The lowest BCUT2D eigenvalue weighted by Gasteiger charge is -2.18. The van der Waals surface area contributed by atoms with Crippen LogP contribution in [0.15, 0.2) is 39.5 Å². The van der Waals surface area contributed by atoms with Crippen LogP contribution < -0.4 is 24.6 Å². The lowest BCUT2D eigenvalue weighted by Crippen LogP contribution is -2.04. The van der Waals surface area contributed by atoms with E-state index < -0.39 is 5.63 Å². The lowest BCUT2D eigenvalue weighted by atomic mass is 9.98. The predicted octanol–water partition coefficient (Wildman–Crippen LogP) is 3.80. The second-order valence-corrected chi connectivity index (χ2v) is 5.64. The topological polar surface area (TPSA) is 67.1 Å². The third-order valence-corrected chi connectivity index (χ3v) is 4.30. The fourth-order valence-corrected chi connectivity index (χ4v) is 3.13. The Morgan fingerprint density at radius 3 is 1.96 bits per heavy atom. The molecule has 0 aliphatic rings. The van der Waals surface area contributed by atoms with Gasteiger partial charge in [-0.05, 0) is 24.6 Å². The van der Waals surface area contributed by atoms with Crippen molar-refractivity contribution in [2.24, 2.45) is 0 Å². The van der Waals surface area contributed by atoms with E-state index in [2.05, 4.69) is 0 Å². The summed E-state index contributed by atoms with van der Waals surface area (Å²) < 4.78 is 27.2. The van der Waals surface area contributed by atoms with Gasteiger partial charge in [0.1, 0.15) is 11.5 Å². The minimum absolute atomic E-state index is 0.283. The molecule has 0 saturated carbocycles. The molecule has 0 spiro atoms. The van der Waals surface area contributed by atoms with Crippen LogP contribution >= 0.6 is 0 Å². The van der Waals surface area contributed by atoms with Crippen molar-refractivity contribution in [3.8, 4) is 34.1 Å². The summed E-state index contributed by atoms with van der Waals surface area (Å²) in [5.41, 5.74) is 2.05. The molecule has 136 valence electrons. The van der Waals surface area contributed by atoms with E-state index in [1.54, 1.807) is 14.2 Å². The summed E-state index contributed by atoms with van der Waals surface area (Å²) in [6.07, 6.45) is 0. The molecule has 6 heteroatoms. The van der Waals surface area contributed by atoms with Gasteiger partial charge in [-0.25, -0.2) is 4.79 Å². The Morgan fingerprint density at radius 2 is 1.42 bits per heavy atom. The zero-order valence-electron chi connectivity index (χ0n) is 15.3. The molecular formula is C20H20O6. The second kappa shape index (κ2) is 7.00. The van der Waals surface area contributed by atoms with Crippen molar-refractivity contribution in [2.45, 2.75) is 6.92 Å². The quantitative estimate of drug-likeness (QED) is 0.648. The summed E-state index contributed by atoms with van der Waals surface area (Å²) in [5.74, 6) is 2.11. The first kappa shape index (κ1) is 17.7. The molecule has 6 nitrogen and oxygen atoms in total. The molecule has 0 atom stereocenters. The molecule has 3 rings (SSSR count). The molecule has 26 heavy (non-hydrogen) atoms. The fraction of sp³-hybridized carbons (Fsp3) is 0.250. The zero-order chi connectivity index (χ0) is 18.8. The molecule has 0 fully saturated rings. The number of methoxy groups -OCH3 is 4. The number of hydrogen-bond acceptors (Lipinski definition) is 6. The summed E-state index contributed by atoms with van der Waals surface area (Å²) in [6.45, 7) is 1.86. The third-order valence-electron chi connectivity index (χ3n) is 4.30. The van der Waals surface area contributed by atoms with Crippen LogP contribution in [0.1, 0.15) is 5.56 Å². The normalized spacial score (nSPS) is 10.7. The van der Waals surface area contributed by atoms with Gasteiger partial charge in [-0.2, -0.15) is 0 Å². The van der Waals surface area contributed by atoms with Crippen molar-refractivity contribution in [3.05, 3.63) is 46.3 Å². The van der Waals surface area contributed by atoms with Crippen LogP contribution in [0.4, 0.5) is 0 Å². The summed E-state index contributed by atoms with van der Waals surface area (Å²) >= 11 is 0. The molecule has 0 unspecified atom stereocenters. The van der Waals surface area contributed by atoms with E-state index in [9.17, 15) is 4.79 Å². The van der Waals surface area contributed by atoms with Crippen LogP contribution in [-0.2, 0) is 0 Å². The Bertz CT molecular complexity index is 1000. The standard InChI is InChI=1S/C20H20O6/c1-11-17(23-3)16-14(12-6-8-13(22-2)9-7-12)10-15(21)26-19(16)20(25-5)18(11)24-4/h6-10H,1-5H3. The molecule has 0 bridgehead atoms. The first-order valence-corrected chi connectivity index (χ1v) is 7.96. The summed E-state index contributed by atoms with van der Waals surface area (Å²) in [5, 5.41) is 0.646. The molecule has 2 aromatic carbocycles. The highest BCUT2D eigenvalue weighted by molar-refractivity contribution is 6.03. The second-order valence-electron chi connectivity index (χ2n) is 5.64. The lowest BCUT2D eigenvalue weighted by molar-refractivity contribution is 0.344. The molecule has 0 amide bonds. The Hall–Kier alpha value is -3.15.